The highest BCUT2D eigenvalue weighted by Crippen LogP contribution is 2.29. The van der Waals surface area contributed by atoms with Crippen LogP contribution in [0.4, 0.5) is 0 Å². The number of ketones is 1. The molecular formula is C16H20ClNO3. The standard InChI is InChI=1S/C16H19NO3.ClH/c18-14(12-4-2-1-3-5-12)10-16(19)20-15-11-17-8-6-13(15)7-9-17;/h1-5,13,15H,6-11H2;1H. The van der Waals surface area contributed by atoms with Gasteiger partial charge in [-0.05, 0) is 31.8 Å². The third kappa shape index (κ3) is 3.83. The lowest BCUT2D eigenvalue weighted by atomic mass is 9.86. The molecule has 0 amide bonds. The first-order valence-corrected chi connectivity index (χ1v) is 7.22. The summed E-state index contributed by atoms with van der Waals surface area (Å²) >= 11 is 0. The molecule has 0 aromatic heterocycles. The molecule has 0 radical (unpaired) electrons. The maximum absolute atomic E-state index is 11.9. The van der Waals surface area contributed by atoms with Crippen LogP contribution in [0.15, 0.2) is 30.3 Å². The van der Waals surface area contributed by atoms with E-state index in [0.29, 0.717) is 11.5 Å². The second-order valence-corrected chi connectivity index (χ2v) is 5.63. The molecule has 21 heavy (non-hydrogen) atoms. The lowest BCUT2D eigenvalue weighted by Gasteiger charge is -2.43. The summed E-state index contributed by atoms with van der Waals surface area (Å²) in [5.41, 5.74) is 0.568. The number of ether oxygens (including phenoxy) is 1. The molecule has 2 bridgehead atoms. The number of carbonyl (C=O) groups excluding carboxylic acids is 2. The summed E-state index contributed by atoms with van der Waals surface area (Å²) in [6.07, 6.45) is 2.02. The monoisotopic (exact) mass is 309 g/mol. The smallest absolute Gasteiger partial charge is 0.314 e. The minimum atomic E-state index is -0.391. The molecule has 0 N–H and O–H groups in total. The van der Waals surface area contributed by atoms with Crippen LogP contribution in [-0.2, 0) is 9.53 Å². The van der Waals surface area contributed by atoms with Gasteiger partial charge in [0.05, 0.1) is 0 Å². The summed E-state index contributed by atoms with van der Waals surface area (Å²) in [6.45, 7) is 3.05. The summed E-state index contributed by atoms with van der Waals surface area (Å²) in [4.78, 5) is 26.2. The van der Waals surface area contributed by atoms with Crippen LogP contribution < -0.4 is 0 Å². The Kier molecular flexibility index (Phi) is 5.37. The van der Waals surface area contributed by atoms with Gasteiger partial charge < -0.3 is 4.74 Å². The van der Waals surface area contributed by atoms with Crippen molar-refractivity contribution < 1.29 is 14.3 Å². The summed E-state index contributed by atoms with van der Waals surface area (Å²) in [5.74, 6) is -0.0785. The molecule has 4 nitrogen and oxygen atoms in total. The van der Waals surface area contributed by atoms with Gasteiger partial charge in [0.15, 0.2) is 5.78 Å². The van der Waals surface area contributed by atoms with Crippen molar-refractivity contribution in [2.45, 2.75) is 25.4 Å². The van der Waals surface area contributed by atoms with Crippen LogP contribution in [0.5, 0.6) is 0 Å². The number of halogens is 1. The van der Waals surface area contributed by atoms with E-state index in [1.807, 2.05) is 6.07 Å². The fourth-order valence-electron chi connectivity index (χ4n) is 3.11. The maximum atomic E-state index is 11.9. The second kappa shape index (κ2) is 7.05. The second-order valence-electron chi connectivity index (χ2n) is 5.63. The van der Waals surface area contributed by atoms with Crippen molar-refractivity contribution >= 4 is 24.2 Å². The van der Waals surface area contributed by atoms with Gasteiger partial charge in [0.25, 0.3) is 0 Å². The molecule has 1 unspecified atom stereocenters. The first-order chi connectivity index (χ1) is 9.72. The third-order valence-electron chi connectivity index (χ3n) is 4.28. The van der Waals surface area contributed by atoms with Crippen molar-refractivity contribution in [3.63, 3.8) is 0 Å². The van der Waals surface area contributed by atoms with Gasteiger partial charge >= 0.3 is 5.97 Å². The van der Waals surface area contributed by atoms with E-state index in [9.17, 15) is 9.59 Å². The average molecular weight is 310 g/mol. The lowest BCUT2D eigenvalue weighted by molar-refractivity contribution is -0.157. The fraction of sp³-hybridized carbons (Fsp3) is 0.500. The molecule has 3 aliphatic heterocycles. The number of Topliss-reactive ketones (excluding diaryl/α,β-unsaturated/α-hetero) is 1. The van der Waals surface area contributed by atoms with E-state index < -0.39 is 5.97 Å². The Morgan fingerprint density at radius 2 is 1.81 bits per heavy atom. The Bertz CT molecular complexity index is 498. The number of nitrogens with zero attached hydrogens (tertiary/aromatic N) is 1. The van der Waals surface area contributed by atoms with Crippen LogP contribution in [0.25, 0.3) is 0 Å². The van der Waals surface area contributed by atoms with Crippen LogP contribution in [0, 0.1) is 5.92 Å². The molecule has 3 heterocycles. The number of fused-ring (bicyclic) bond motifs is 3. The van der Waals surface area contributed by atoms with Crippen LogP contribution in [0.1, 0.15) is 29.6 Å². The average Bonchev–Trinajstić information content (AvgIpc) is 2.49. The molecule has 114 valence electrons. The molecule has 1 aromatic carbocycles. The van der Waals surface area contributed by atoms with Crippen molar-refractivity contribution in [1.29, 1.82) is 0 Å². The number of benzene rings is 1. The van der Waals surface area contributed by atoms with Gasteiger partial charge in [0.2, 0.25) is 0 Å². The highest BCUT2D eigenvalue weighted by molar-refractivity contribution is 6.05. The summed E-state index contributed by atoms with van der Waals surface area (Å²) < 4.78 is 5.52. The molecule has 3 aliphatic rings. The maximum Gasteiger partial charge on any atom is 0.314 e. The first-order valence-electron chi connectivity index (χ1n) is 7.22. The fourth-order valence-corrected chi connectivity index (χ4v) is 3.11. The Labute approximate surface area is 130 Å². The normalized spacial score (nSPS) is 26.8. The van der Waals surface area contributed by atoms with Crippen LogP contribution in [0.3, 0.4) is 0 Å². The third-order valence-corrected chi connectivity index (χ3v) is 4.28. The van der Waals surface area contributed by atoms with E-state index in [4.69, 9.17) is 4.74 Å². The molecule has 0 aliphatic carbocycles. The Hall–Kier alpha value is -1.39. The van der Waals surface area contributed by atoms with Crippen molar-refractivity contribution in [3.05, 3.63) is 35.9 Å². The number of piperidine rings is 3. The molecule has 4 rings (SSSR count). The molecule has 1 aromatic rings. The minimum Gasteiger partial charge on any atom is -0.460 e. The first kappa shape index (κ1) is 16.0. The number of hydrogen-bond acceptors (Lipinski definition) is 4. The SMILES string of the molecule is Cl.O=C(CC(=O)c1ccccc1)OC1CN2CCC1CC2. The molecule has 0 saturated carbocycles. The molecule has 3 fully saturated rings. The molecule has 1 atom stereocenters. The summed E-state index contributed by atoms with van der Waals surface area (Å²) in [7, 11) is 0. The predicted octanol–water partition coefficient (Wildman–Crippen LogP) is 2.32. The van der Waals surface area contributed by atoms with E-state index in [0.717, 1.165) is 32.5 Å². The van der Waals surface area contributed by atoms with Crippen molar-refractivity contribution in [2.24, 2.45) is 5.92 Å². The van der Waals surface area contributed by atoms with E-state index in [-0.39, 0.29) is 30.7 Å². The topological polar surface area (TPSA) is 46.6 Å². The van der Waals surface area contributed by atoms with Crippen LogP contribution in [0.2, 0.25) is 0 Å². The largest absolute Gasteiger partial charge is 0.460 e. The summed E-state index contributed by atoms with van der Waals surface area (Å²) in [5, 5.41) is 0. The van der Waals surface area contributed by atoms with Gasteiger partial charge in [-0.1, -0.05) is 30.3 Å². The van der Waals surface area contributed by atoms with Crippen LogP contribution >= 0.6 is 12.4 Å². The molecule has 3 saturated heterocycles. The van der Waals surface area contributed by atoms with Gasteiger partial charge in [0.1, 0.15) is 12.5 Å². The van der Waals surface area contributed by atoms with Crippen molar-refractivity contribution in [2.75, 3.05) is 19.6 Å². The van der Waals surface area contributed by atoms with Gasteiger partial charge in [-0.25, -0.2) is 0 Å². The summed E-state index contributed by atoms with van der Waals surface area (Å²) in [6, 6.07) is 8.90. The molecule has 5 heteroatoms. The Morgan fingerprint density at radius 1 is 1.14 bits per heavy atom. The Morgan fingerprint density at radius 3 is 2.38 bits per heavy atom. The zero-order valence-corrected chi connectivity index (χ0v) is 12.7. The van der Waals surface area contributed by atoms with Gasteiger partial charge in [-0.2, -0.15) is 0 Å². The molecular weight excluding hydrogens is 290 g/mol. The molecule has 0 spiro atoms. The van der Waals surface area contributed by atoms with Crippen LogP contribution in [-0.4, -0.2) is 42.4 Å². The van der Waals surface area contributed by atoms with Gasteiger partial charge in [-0.3, -0.25) is 14.5 Å². The van der Waals surface area contributed by atoms with E-state index in [2.05, 4.69) is 4.90 Å². The van der Waals surface area contributed by atoms with E-state index in [1.165, 1.54) is 0 Å². The highest BCUT2D eigenvalue weighted by atomic mass is 35.5. The Balaban J connectivity index is 0.00000161. The number of esters is 1. The minimum absolute atomic E-state index is 0. The van der Waals surface area contributed by atoms with Gasteiger partial charge in [-0.15, -0.1) is 12.4 Å². The number of carbonyl (C=O) groups is 2. The number of hydrogen-bond donors (Lipinski definition) is 0. The quantitative estimate of drug-likeness (QED) is 0.486. The zero-order valence-electron chi connectivity index (χ0n) is 11.9. The van der Waals surface area contributed by atoms with Gasteiger partial charge in [0, 0.05) is 12.1 Å². The van der Waals surface area contributed by atoms with E-state index >= 15 is 0 Å². The van der Waals surface area contributed by atoms with E-state index in [1.54, 1.807) is 24.3 Å². The number of rotatable bonds is 4. The predicted molar refractivity (Wildman–Crippen MR) is 81.7 cm³/mol. The zero-order chi connectivity index (χ0) is 13.9. The van der Waals surface area contributed by atoms with Crippen molar-refractivity contribution in [1.82, 2.24) is 4.90 Å². The highest BCUT2D eigenvalue weighted by Gasteiger charge is 2.36. The van der Waals surface area contributed by atoms with Crippen molar-refractivity contribution in [3.8, 4) is 0 Å². The lowest BCUT2D eigenvalue weighted by Crippen LogP contribution is -2.52.